The van der Waals surface area contributed by atoms with Crippen LogP contribution >= 0.6 is 11.6 Å². The molecule has 660 valence electrons. The normalized spacial score (nSPS) is 20.7. The smallest absolute Gasteiger partial charge is 0.407 e. The second kappa shape index (κ2) is 53.3. The van der Waals surface area contributed by atoms with E-state index in [2.05, 4.69) is 47.9 Å². The number of hydrogen-bond acceptors (Lipinski definition) is 20. The summed E-state index contributed by atoms with van der Waals surface area (Å²) >= 11 is 6.27. The number of urea groups is 1. The Balaban J connectivity index is 1.31. The number of allylic oxidation sites excluding steroid dienone is 2. The van der Waals surface area contributed by atoms with E-state index in [4.69, 9.17) is 41.0 Å². The van der Waals surface area contributed by atoms with Gasteiger partial charge in [0.1, 0.15) is 49.0 Å². The summed E-state index contributed by atoms with van der Waals surface area (Å²) in [4.78, 5) is 205. The summed E-state index contributed by atoms with van der Waals surface area (Å²) in [5.74, 6) is -8.67. The maximum Gasteiger partial charge on any atom is 0.407 e. The lowest BCUT2D eigenvalue weighted by atomic mass is 9.93. The topological polar surface area (TPSA) is 446 Å². The molecule has 11 atom stereocenters. The van der Waals surface area contributed by atoms with Gasteiger partial charge in [-0.2, -0.15) is 0 Å². The molecule has 119 heavy (non-hydrogen) atoms. The number of nitrogens with one attached hydrogen (secondary N) is 9. The lowest BCUT2D eigenvalue weighted by molar-refractivity contribution is -0.154. The van der Waals surface area contributed by atoms with Crippen LogP contribution in [0, 0.1) is 23.7 Å². The number of rotatable bonds is 40. The Morgan fingerprint density at radius 2 is 1.39 bits per heavy atom. The first-order chi connectivity index (χ1) is 56.4. The maximum atomic E-state index is 15.1. The van der Waals surface area contributed by atoms with Crippen molar-refractivity contribution in [3.63, 3.8) is 0 Å². The summed E-state index contributed by atoms with van der Waals surface area (Å²) in [6, 6.07) is 5.43. The van der Waals surface area contributed by atoms with Gasteiger partial charge >= 0.3 is 24.1 Å². The van der Waals surface area contributed by atoms with Gasteiger partial charge in [0.05, 0.1) is 32.5 Å². The molecule has 0 fully saturated rings. The number of imide groups is 1. The average Bonchev–Trinajstić information content (AvgIpc) is 1.26. The van der Waals surface area contributed by atoms with E-state index in [1.165, 1.54) is 38.1 Å². The van der Waals surface area contributed by atoms with Crippen LogP contribution in [0.3, 0.4) is 0 Å². The summed E-state index contributed by atoms with van der Waals surface area (Å²) in [5.41, 5.74) is 7.76. The Hall–Kier alpha value is -10.3. The van der Waals surface area contributed by atoms with Crippen molar-refractivity contribution >= 4 is 106 Å². The molecule has 4 rings (SSSR count). The molecule has 0 aliphatic carbocycles. The molecule has 0 saturated heterocycles. The van der Waals surface area contributed by atoms with Gasteiger partial charge < -0.3 is 87.1 Å². The summed E-state index contributed by atoms with van der Waals surface area (Å²) in [6.45, 7) is 21.7. The number of unbranched alkanes of at least 4 members (excludes halogenated alkanes) is 3. The van der Waals surface area contributed by atoms with Gasteiger partial charge in [0.2, 0.25) is 47.3 Å². The summed E-state index contributed by atoms with van der Waals surface area (Å²) in [5, 5.41) is 25.0. The first kappa shape index (κ1) is 101. The standard InChI is InChI=1S/C85H128ClN13O20/c1-15-54(7)74-79(108)91-59(12)83(112)119-75(55(8)16-2)56(9)24-22-25-57(10)82(111)118-67(48-52(3)4)77(106)94-65(80(109)98(14)66(49-60-30-34-62(86)35-31-60)81(110)97(13)50-70(102)96-74)26-19-20-41-88-68(100)38-29-58(11)116-47-46-115-45-43-90-85(114)117-51-61-32-36-63(37-33-61)92-76(105)64(27-23-42-89-84(87)113)93-78(107)73(53(5)6)95-69(101)28-18-17-21-44-99-71(103)39-40-72(99)104/h16,25,30-37,39-40,52-54,56,58-59,64-67,73-75H,15,17-24,26-29,38,41-51H2,1-14H3,(H,88,100)(H,90,114)(H,91,108)(H,92,105)(H,93,107)(H,94,106)(H,95,101)(H,96,102)(H3,87,89,113)/b55-16+,57-25+/t54-,56+,58?,59-,64?,65+,66-,67-,73+,74+,75-/m1/s1. The van der Waals surface area contributed by atoms with Crippen molar-refractivity contribution in [2.45, 2.75) is 247 Å². The first-order valence-corrected chi connectivity index (χ1v) is 41.6. The van der Waals surface area contributed by atoms with E-state index in [0.717, 1.165) is 15.4 Å². The van der Waals surface area contributed by atoms with E-state index >= 15 is 4.79 Å². The van der Waals surface area contributed by atoms with Crippen LogP contribution in [0.4, 0.5) is 15.3 Å². The molecule has 33 nitrogen and oxygen atoms in total. The third-order valence-corrected chi connectivity index (χ3v) is 20.7. The molecule has 0 saturated carbocycles. The SMILES string of the molecule is C/C=C(\C)[C@H]1OC(=O)[C@@H](C)NC(=O)[C@H]([C@H](C)CC)NC(=O)CN(C)C(=O)[C@@H](Cc2ccc(Cl)cc2)N(C)C(=O)[C@H](CCCCNC(=O)CCC(C)OCCOCCNC(=O)OCc2ccc(NC(=O)C(CCCNC(N)=O)NC(=O)[C@@H](NC(=O)CCCCCN3C(=O)C=CC3=O)C(C)C)cc2)NC(=O)[C@@H](CC(C)C)OC(=O)/C(C)=C/CC[C@@H]1C. The van der Waals surface area contributed by atoms with Gasteiger partial charge in [0.15, 0.2) is 6.10 Å². The van der Waals surface area contributed by atoms with Gasteiger partial charge in [0.25, 0.3) is 17.7 Å². The predicted octanol–water partition coefficient (Wildman–Crippen LogP) is 6.81. The van der Waals surface area contributed by atoms with E-state index < -0.39 is 126 Å². The number of likely N-dealkylation sites (N-methyl/N-ethyl adjacent to an activating group) is 2. The Bertz CT molecular complexity index is 3800. The zero-order chi connectivity index (χ0) is 88.4. The molecule has 14 amide bonds. The number of halogens is 1. The van der Waals surface area contributed by atoms with Crippen LogP contribution in [-0.4, -0.2) is 225 Å². The number of carbonyl (C=O) groups excluding carboxylic acids is 15. The molecule has 2 aromatic carbocycles. The van der Waals surface area contributed by atoms with E-state index in [1.54, 1.807) is 82.3 Å². The molecule has 0 aromatic heterocycles. The fourth-order valence-electron chi connectivity index (χ4n) is 12.9. The second-order valence-electron chi connectivity index (χ2n) is 31.2. The Kier molecular flexibility index (Phi) is 45.3. The Labute approximate surface area is 704 Å². The molecule has 34 heteroatoms. The lowest BCUT2D eigenvalue weighted by Crippen LogP contribution is -2.58. The van der Waals surface area contributed by atoms with Crippen molar-refractivity contribution < 1.29 is 95.6 Å². The molecule has 0 radical (unpaired) electrons. The van der Waals surface area contributed by atoms with Gasteiger partial charge in [0, 0.05) is 88.0 Å². The highest BCUT2D eigenvalue weighted by atomic mass is 35.5. The molecule has 2 unspecified atom stereocenters. The first-order valence-electron chi connectivity index (χ1n) is 41.2. The van der Waals surface area contributed by atoms with Gasteiger partial charge in [-0.25, -0.2) is 19.2 Å². The van der Waals surface area contributed by atoms with E-state index in [0.29, 0.717) is 73.2 Å². The number of anilines is 1. The minimum Gasteiger partial charge on any atom is -0.456 e. The quantitative estimate of drug-likeness (QED) is 0.0108. The number of esters is 2. The minimum atomic E-state index is -1.35. The summed E-state index contributed by atoms with van der Waals surface area (Å²) < 4.78 is 28.8. The van der Waals surface area contributed by atoms with Crippen molar-refractivity contribution in [1.82, 2.24) is 57.2 Å². The highest BCUT2D eigenvalue weighted by molar-refractivity contribution is 6.30. The van der Waals surface area contributed by atoms with Crippen molar-refractivity contribution in [3.05, 3.63) is 100 Å². The molecule has 0 spiro atoms. The van der Waals surface area contributed by atoms with Crippen LogP contribution in [0.15, 0.2) is 84.0 Å². The molecular formula is C85H128ClN13O20. The highest BCUT2D eigenvalue weighted by Crippen LogP contribution is 2.25. The number of primary amides is 1. The third-order valence-electron chi connectivity index (χ3n) is 20.4. The summed E-state index contributed by atoms with van der Waals surface area (Å²) in [6.07, 6.45) is 7.23. The number of nitrogens with two attached hydrogens (primary N) is 1. The van der Waals surface area contributed by atoms with Gasteiger partial charge in [-0.15, -0.1) is 0 Å². The number of amides is 14. The molecule has 0 bridgehead atoms. The fourth-order valence-corrected chi connectivity index (χ4v) is 13.0. The van der Waals surface area contributed by atoms with Crippen LogP contribution in [0.25, 0.3) is 0 Å². The predicted molar refractivity (Wildman–Crippen MR) is 447 cm³/mol. The molecule has 2 aliphatic heterocycles. The average molecular weight is 1690 g/mol. The Morgan fingerprint density at radius 1 is 0.714 bits per heavy atom. The minimum absolute atomic E-state index is 0.0196. The van der Waals surface area contributed by atoms with Crippen LogP contribution in [-0.2, 0) is 99.0 Å². The van der Waals surface area contributed by atoms with E-state index in [-0.39, 0.29) is 157 Å². The zero-order valence-corrected chi connectivity index (χ0v) is 72.3. The van der Waals surface area contributed by atoms with Crippen LogP contribution in [0.2, 0.25) is 5.02 Å². The maximum absolute atomic E-state index is 15.1. The van der Waals surface area contributed by atoms with Crippen molar-refractivity contribution in [2.75, 3.05) is 72.0 Å². The lowest BCUT2D eigenvalue weighted by Gasteiger charge is -2.34. The number of cyclic esters (lactones) is 2. The fraction of sp³-hybridized carbons (Fsp3) is 0.612. The molecular weight excluding hydrogens is 1560 g/mol. The van der Waals surface area contributed by atoms with Crippen molar-refractivity contribution in [1.29, 1.82) is 0 Å². The van der Waals surface area contributed by atoms with Crippen molar-refractivity contribution in [2.24, 2.45) is 29.4 Å². The summed E-state index contributed by atoms with van der Waals surface area (Å²) in [7, 11) is 2.80. The van der Waals surface area contributed by atoms with E-state index in [1.807, 2.05) is 54.5 Å². The van der Waals surface area contributed by atoms with Crippen LogP contribution in [0.5, 0.6) is 0 Å². The number of carbonyl (C=O) groups is 15. The number of ether oxygens (including phenoxy) is 5. The number of alkyl carbamates (subject to hydrolysis) is 1. The monoisotopic (exact) mass is 1690 g/mol. The van der Waals surface area contributed by atoms with Crippen LogP contribution < -0.4 is 53.6 Å². The highest BCUT2D eigenvalue weighted by Gasteiger charge is 2.38. The van der Waals surface area contributed by atoms with Crippen molar-refractivity contribution in [3.8, 4) is 0 Å². The second-order valence-corrected chi connectivity index (χ2v) is 31.6. The number of benzene rings is 2. The Morgan fingerprint density at radius 3 is 2.03 bits per heavy atom. The van der Waals surface area contributed by atoms with Crippen LogP contribution in [0.1, 0.15) is 191 Å². The van der Waals surface area contributed by atoms with Gasteiger partial charge in [-0.3, -0.25) is 57.6 Å². The molecule has 2 aromatic rings. The van der Waals surface area contributed by atoms with Gasteiger partial charge in [-0.1, -0.05) is 109 Å². The number of nitrogens with zero attached hydrogens (tertiary/aromatic N) is 3. The van der Waals surface area contributed by atoms with Gasteiger partial charge in [-0.05, 0) is 170 Å². The molecule has 2 aliphatic rings. The molecule has 11 N–H and O–H groups in total. The third kappa shape index (κ3) is 37.3. The number of hydrogen-bond donors (Lipinski definition) is 10. The molecule has 2 heterocycles. The zero-order valence-electron chi connectivity index (χ0n) is 71.6. The van der Waals surface area contributed by atoms with E-state index in [9.17, 15) is 67.1 Å². The largest absolute Gasteiger partial charge is 0.456 e.